The van der Waals surface area contributed by atoms with Crippen molar-refractivity contribution >= 4 is 20.2 Å². The molecule has 0 fully saturated rings. The zero-order valence-corrected chi connectivity index (χ0v) is 20.7. The number of hydrogen-bond donors (Lipinski definition) is 3. The minimum Gasteiger partial charge on any atom is -1.00 e. The van der Waals surface area contributed by atoms with Crippen LogP contribution in [0.4, 0.5) is 0 Å². The molecule has 94 valence electrons. The molecular weight excluding hydrogens is 330 g/mol. The van der Waals surface area contributed by atoms with Gasteiger partial charge in [-0.05, 0) is 0 Å². The van der Waals surface area contributed by atoms with Crippen LogP contribution in [0.25, 0.3) is 0 Å². The maximum absolute atomic E-state index is 10.2. The molecule has 0 aliphatic carbocycles. The van der Waals surface area contributed by atoms with Crippen LogP contribution in [0.3, 0.4) is 0 Å². The van der Waals surface area contributed by atoms with Gasteiger partial charge in [-0.2, -0.15) is 21.9 Å². The molecule has 0 saturated carbocycles. The van der Waals surface area contributed by atoms with E-state index in [0.717, 1.165) is 0 Å². The van der Waals surface area contributed by atoms with Crippen LogP contribution in [-0.2, 0) is 20.2 Å². The van der Waals surface area contributed by atoms with Crippen LogP contribution >= 0.6 is 0 Å². The van der Waals surface area contributed by atoms with Gasteiger partial charge in [0.2, 0.25) is 0 Å². The first-order chi connectivity index (χ1) is 6.10. The molecule has 0 unspecified atom stereocenters. The molecule has 0 radical (unpaired) electrons. The van der Waals surface area contributed by atoms with Crippen molar-refractivity contribution < 1.29 is 155 Å². The van der Waals surface area contributed by atoms with E-state index in [1.807, 2.05) is 0 Å². The molecular formula is C4H15NNa4O7S2. The first kappa shape index (κ1) is 33.4. The molecule has 0 spiro atoms. The predicted molar refractivity (Wildman–Crippen MR) is 50.6 cm³/mol. The van der Waals surface area contributed by atoms with Crippen molar-refractivity contribution in [2.45, 2.75) is 0 Å². The summed E-state index contributed by atoms with van der Waals surface area (Å²) in [4.78, 5) is 0. The van der Waals surface area contributed by atoms with E-state index >= 15 is 0 Å². The van der Waals surface area contributed by atoms with Crippen molar-refractivity contribution in [2.75, 3.05) is 24.6 Å². The molecule has 0 amide bonds. The van der Waals surface area contributed by atoms with E-state index < -0.39 is 44.8 Å². The number of rotatable bonds is 6. The summed E-state index contributed by atoms with van der Waals surface area (Å²) in [7, 11) is -8.37. The topological polar surface area (TPSA) is 132 Å². The fourth-order valence-electron chi connectivity index (χ4n) is 0.553. The summed E-state index contributed by atoms with van der Waals surface area (Å²) in [5.74, 6) is -1.43. The van der Waals surface area contributed by atoms with Gasteiger partial charge < -0.3 is 10.9 Å². The fraction of sp³-hybridized carbons (Fsp3) is 1.00. The second-order valence-corrected chi connectivity index (χ2v) is 5.67. The van der Waals surface area contributed by atoms with Gasteiger partial charge in [-0.1, -0.05) is 0 Å². The summed E-state index contributed by atoms with van der Waals surface area (Å²) < 4.78 is 57.3. The first-order valence-electron chi connectivity index (χ1n) is 3.44. The van der Waals surface area contributed by atoms with Gasteiger partial charge in [0, 0.05) is 13.1 Å². The monoisotopic (exact) mass is 345 g/mol. The van der Waals surface area contributed by atoms with Crippen LogP contribution in [0.5, 0.6) is 0 Å². The van der Waals surface area contributed by atoms with E-state index in [2.05, 4.69) is 0 Å². The second kappa shape index (κ2) is 15.6. The molecule has 0 aliphatic heterocycles. The van der Waals surface area contributed by atoms with Gasteiger partial charge in [0.1, 0.15) is 0 Å². The van der Waals surface area contributed by atoms with Gasteiger partial charge in [-0.25, -0.2) is 0 Å². The van der Waals surface area contributed by atoms with Crippen molar-refractivity contribution in [3.05, 3.63) is 0 Å². The summed E-state index contributed by atoms with van der Waals surface area (Å²) in [6.07, 6.45) is 0. The molecule has 0 saturated heterocycles. The van der Waals surface area contributed by atoms with Gasteiger partial charge in [0.15, 0.2) is 0 Å². The molecule has 0 aliphatic rings. The van der Waals surface area contributed by atoms with Gasteiger partial charge in [0.25, 0.3) is 20.2 Å². The molecule has 0 aromatic rings. The molecule has 3 N–H and O–H groups in total. The minimum atomic E-state index is -4.19. The van der Waals surface area contributed by atoms with Crippen molar-refractivity contribution in [2.24, 2.45) is 0 Å². The number of hydroxylamine groups is 2. The smallest absolute Gasteiger partial charge is 1.00 e. The Labute approximate surface area is 201 Å². The van der Waals surface area contributed by atoms with E-state index in [4.69, 9.17) is 14.3 Å². The van der Waals surface area contributed by atoms with Crippen molar-refractivity contribution in [3.63, 3.8) is 0 Å². The summed E-state index contributed by atoms with van der Waals surface area (Å²) in [5.41, 5.74) is 0. The van der Waals surface area contributed by atoms with Crippen LogP contribution in [0.15, 0.2) is 0 Å². The van der Waals surface area contributed by atoms with Crippen LogP contribution in [0.2, 0.25) is 0 Å². The normalized spacial score (nSPS) is 10.4. The number of hydrogen-bond acceptors (Lipinski definition) is 6. The molecule has 0 rings (SSSR count). The van der Waals surface area contributed by atoms with Gasteiger partial charge >= 0.3 is 118 Å². The second-order valence-electron chi connectivity index (χ2n) is 2.53. The Kier molecular flexibility index (Phi) is 29.0. The Morgan fingerprint density at radius 3 is 1.17 bits per heavy atom. The third-order valence-electron chi connectivity index (χ3n) is 1.21. The molecule has 0 bridgehead atoms. The standard InChI is InChI=1S/C4H11NO7S2.4Na.4H/c6-5(1-3-13(7,8)9)2-4-14(10,11)12;;;;;;;;/h6H,1-4H2,(H,7,8,9)(H,10,11,12);;;;;;;;/q;4*+1;4*-1. The maximum atomic E-state index is 10.2. The fourth-order valence-corrected chi connectivity index (χ4v) is 1.44. The van der Waals surface area contributed by atoms with Crippen molar-refractivity contribution in [1.82, 2.24) is 5.06 Å². The summed E-state index contributed by atoms with van der Waals surface area (Å²) in [6, 6.07) is 0. The molecule has 0 aromatic carbocycles. The Morgan fingerprint density at radius 2 is 1.00 bits per heavy atom. The molecule has 0 heterocycles. The Bertz CT molecular complexity index is 350. The molecule has 0 aromatic heterocycles. The molecule has 18 heavy (non-hydrogen) atoms. The van der Waals surface area contributed by atoms with Crippen molar-refractivity contribution in [3.8, 4) is 0 Å². The predicted octanol–water partition coefficient (Wildman–Crippen LogP) is -13.1. The van der Waals surface area contributed by atoms with Crippen LogP contribution < -0.4 is 118 Å². The van der Waals surface area contributed by atoms with E-state index in [9.17, 15) is 16.8 Å². The average Bonchev–Trinajstić information content (AvgIpc) is 1.94. The number of nitrogens with zero attached hydrogens (tertiary/aromatic N) is 1. The van der Waals surface area contributed by atoms with Crippen LogP contribution in [0.1, 0.15) is 5.71 Å². The third-order valence-corrected chi connectivity index (χ3v) is 2.61. The Hall–Kier alpha value is 3.74. The maximum Gasteiger partial charge on any atom is 1.00 e. The van der Waals surface area contributed by atoms with E-state index in [1.54, 1.807) is 0 Å². The Morgan fingerprint density at radius 1 is 0.778 bits per heavy atom. The van der Waals surface area contributed by atoms with Crippen molar-refractivity contribution in [1.29, 1.82) is 0 Å². The quantitative estimate of drug-likeness (QED) is 0.246. The zero-order valence-electron chi connectivity index (χ0n) is 15.1. The SMILES string of the molecule is O=S(=O)(O)CCN(O)CCS(=O)(=O)O.[H-].[H-].[H-].[H-].[Na+].[Na+].[Na+].[Na+]. The molecule has 14 heteroatoms. The Balaban J connectivity index is -0.0000000302. The third kappa shape index (κ3) is 28.0. The van der Waals surface area contributed by atoms with Crippen LogP contribution in [0, 0.1) is 0 Å². The summed E-state index contributed by atoms with van der Waals surface area (Å²) in [5, 5.41) is 9.23. The van der Waals surface area contributed by atoms with E-state index in [0.29, 0.717) is 5.06 Å². The summed E-state index contributed by atoms with van der Waals surface area (Å²) >= 11 is 0. The van der Waals surface area contributed by atoms with Crippen LogP contribution in [-0.4, -0.2) is 60.8 Å². The average molecular weight is 345 g/mol. The van der Waals surface area contributed by atoms with E-state index in [1.165, 1.54) is 0 Å². The van der Waals surface area contributed by atoms with Gasteiger partial charge in [-0.3, -0.25) is 9.11 Å². The zero-order chi connectivity index (χ0) is 11.4. The largest absolute Gasteiger partial charge is 1.00 e. The van der Waals surface area contributed by atoms with E-state index in [-0.39, 0.29) is 124 Å². The van der Waals surface area contributed by atoms with Gasteiger partial charge in [0.05, 0.1) is 11.5 Å². The molecule has 0 atom stereocenters. The molecule has 8 nitrogen and oxygen atoms in total. The van der Waals surface area contributed by atoms with Gasteiger partial charge in [-0.15, -0.1) is 0 Å². The minimum absolute atomic E-state index is 0. The first-order valence-corrected chi connectivity index (χ1v) is 6.66. The summed E-state index contributed by atoms with van der Waals surface area (Å²) in [6.45, 7) is -0.872.